The number of nitrogens with one attached hydrogen (secondary N) is 2. The van der Waals surface area contributed by atoms with Crippen molar-refractivity contribution in [3.8, 4) is 0 Å². The summed E-state index contributed by atoms with van der Waals surface area (Å²) < 4.78 is 0. The number of carbonyl (C=O) groups excluding carboxylic acids is 2. The standard InChI is InChI=1S/C7H13N3O4/c1-4(8)7(14)10-2-5(11)9-3-6(12)13/h4H,2-3,8H2,1H3,(H,9,11)(H,10,14)(H,12,13). The second-order valence-electron chi connectivity index (χ2n) is 2.68. The SMILES string of the molecule is CC(N)C(=O)NCC(=O)NCC(=O)O. The number of hydrogen-bond donors (Lipinski definition) is 4. The minimum Gasteiger partial charge on any atom is -0.480 e. The largest absolute Gasteiger partial charge is 0.480 e. The Morgan fingerprint density at radius 3 is 2.29 bits per heavy atom. The highest BCUT2D eigenvalue weighted by molar-refractivity contribution is 5.88. The highest BCUT2D eigenvalue weighted by Gasteiger charge is 2.09. The summed E-state index contributed by atoms with van der Waals surface area (Å²) in [5.41, 5.74) is 5.21. The van der Waals surface area contributed by atoms with E-state index in [0.717, 1.165) is 0 Å². The van der Waals surface area contributed by atoms with Crippen molar-refractivity contribution >= 4 is 17.8 Å². The number of nitrogens with two attached hydrogens (primary N) is 1. The van der Waals surface area contributed by atoms with Crippen molar-refractivity contribution in [1.29, 1.82) is 0 Å². The molecule has 0 aliphatic carbocycles. The Balaban J connectivity index is 3.64. The normalized spacial score (nSPS) is 11.6. The van der Waals surface area contributed by atoms with Crippen LogP contribution in [-0.4, -0.2) is 42.0 Å². The first-order chi connectivity index (χ1) is 6.43. The van der Waals surface area contributed by atoms with E-state index < -0.39 is 30.4 Å². The molecule has 0 aromatic heterocycles. The van der Waals surface area contributed by atoms with Crippen LogP contribution >= 0.6 is 0 Å². The van der Waals surface area contributed by atoms with Crippen LogP contribution in [0.3, 0.4) is 0 Å². The molecule has 0 bridgehead atoms. The molecule has 14 heavy (non-hydrogen) atoms. The maximum absolute atomic E-state index is 10.9. The maximum atomic E-state index is 10.9. The van der Waals surface area contributed by atoms with Gasteiger partial charge in [-0.05, 0) is 6.92 Å². The van der Waals surface area contributed by atoms with Gasteiger partial charge in [-0.1, -0.05) is 0 Å². The molecular formula is C7H13N3O4. The zero-order valence-electron chi connectivity index (χ0n) is 7.74. The number of amides is 2. The third-order valence-corrected chi connectivity index (χ3v) is 1.27. The molecule has 7 heteroatoms. The Hall–Kier alpha value is -1.63. The summed E-state index contributed by atoms with van der Waals surface area (Å²) in [5, 5.41) is 12.5. The van der Waals surface area contributed by atoms with Gasteiger partial charge in [-0.2, -0.15) is 0 Å². The van der Waals surface area contributed by atoms with Crippen molar-refractivity contribution in [3.63, 3.8) is 0 Å². The molecule has 2 amide bonds. The van der Waals surface area contributed by atoms with Gasteiger partial charge in [0.1, 0.15) is 6.54 Å². The lowest BCUT2D eigenvalue weighted by molar-refractivity contribution is -0.137. The molecule has 0 heterocycles. The fourth-order valence-corrected chi connectivity index (χ4v) is 0.565. The van der Waals surface area contributed by atoms with Gasteiger partial charge in [-0.25, -0.2) is 0 Å². The number of rotatable bonds is 5. The van der Waals surface area contributed by atoms with Gasteiger partial charge in [0.05, 0.1) is 12.6 Å². The highest BCUT2D eigenvalue weighted by Crippen LogP contribution is 1.74. The number of aliphatic carboxylic acids is 1. The lowest BCUT2D eigenvalue weighted by Gasteiger charge is -2.06. The number of carboxylic acid groups (broad SMARTS) is 1. The van der Waals surface area contributed by atoms with Crippen molar-refractivity contribution in [2.45, 2.75) is 13.0 Å². The lowest BCUT2D eigenvalue weighted by Crippen LogP contribution is -2.44. The molecule has 5 N–H and O–H groups in total. The quantitative estimate of drug-likeness (QED) is 0.398. The van der Waals surface area contributed by atoms with E-state index in [4.69, 9.17) is 10.8 Å². The molecule has 0 spiro atoms. The molecule has 0 aliphatic rings. The Bertz CT molecular complexity index is 239. The Labute approximate surface area is 80.6 Å². The third kappa shape index (κ3) is 5.95. The van der Waals surface area contributed by atoms with Crippen LogP contribution in [0.4, 0.5) is 0 Å². The topological polar surface area (TPSA) is 122 Å². The van der Waals surface area contributed by atoms with Gasteiger partial charge < -0.3 is 21.5 Å². The van der Waals surface area contributed by atoms with E-state index in [1.165, 1.54) is 6.92 Å². The predicted octanol–water partition coefficient (Wildman–Crippen LogP) is -2.35. The highest BCUT2D eigenvalue weighted by atomic mass is 16.4. The zero-order valence-corrected chi connectivity index (χ0v) is 7.74. The van der Waals surface area contributed by atoms with E-state index in [-0.39, 0.29) is 6.54 Å². The molecule has 0 saturated carbocycles. The first-order valence-corrected chi connectivity index (χ1v) is 3.95. The van der Waals surface area contributed by atoms with Gasteiger partial charge in [0, 0.05) is 0 Å². The summed E-state index contributed by atoms with van der Waals surface area (Å²) >= 11 is 0. The molecule has 1 atom stereocenters. The summed E-state index contributed by atoms with van der Waals surface area (Å²) in [4.78, 5) is 31.7. The van der Waals surface area contributed by atoms with Gasteiger partial charge in [-0.15, -0.1) is 0 Å². The van der Waals surface area contributed by atoms with Crippen LogP contribution in [0.5, 0.6) is 0 Å². The summed E-state index contributed by atoms with van der Waals surface area (Å²) in [6.45, 7) is 0.741. The summed E-state index contributed by atoms with van der Waals surface area (Å²) in [6, 6.07) is -0.692. The van der Waals surface area contributed by atoms with Gasteiger partial charge >= 0.3 is 5.97 Å². The Kier molecular flexibility index (Phi) is 5.23. The van der Waals surface area contributed by atoms with E-state index >= 15 is 0 Å². The van der Waals surface area contributed by atoms with Gasteiger partial charge in [0.25, 0.3) is 0 Å². The zero-order chi connectivity index (χ0) is 11.1. The average Bonchev–Trinajstić information content (AvgIpc) is 2.10. The van der Waals surface area contributed by atoms with Crippen molar-refractivity contribution in [2.75, 3.05) is 13.1 Å². The number of carbonyl (C=O) groups is 3. The molecule has 7 nitrogen and oxygen atoms in total. The molecule has 0 fully saturated rings. The monoisotopic (exact) mass is 203 g/mol. The lowest BCUT2D eigenvalue weighted by atomic mass is 10.3. The van der Waals surface area contributed by atoms with Gasteiger partial charge in [0.15, 0.2) is 0 Å². The fraction of sp³-hybridized carbons (Fsp3) is 0.571. The fourth-order valence-electron chi connectivity index (χ4n) is 0.565. The van der Waals surface area contributed by atoms with Crippen molar-refractivity contribution < 1.29 is 19.5 Å². The van der Waals surface area contributed by atoms with Crippen LogP contribution in [0.25, 0.3) is 0 Å². The van der Waals surface area contributed by atoms with Crippen LogP contribution < -0.4 is 16.4 Å². The molecular weight excluding hydrogens is 190 g/mol. The second-order valence-corrected chi connectivity index (χ2v) is 2.68. The van der Waals surface area contributed by atoms with E-state index in [1.54, 1.807) is 0 Å². The van der Waals surface area contributed by atoms with E-state index in [1.807, 2.05) is 0 Å². The molecule has 0 aliphatic heterocycles. The average molecular weight is 203 g/mol. The molecule has 0 aromatic rings. The minimum atomic E-state index is -1.14. The summed E-state index contributed by atoms with van der Waals surface area (Å²) in [6.07, 6.45) is 0. The van der Waals surface area contributed by atoms with Crippen LogP contribution in [0.15, 0.2) is 0 Å². The Morgan fingerprint density at radius 2 is 1.86 bits per heavy atom. The second kappa shape index (κ2) is 5.92. The van der Waals surface area contributed by atoms with E-state index in [9.17, 15) is 14.4 Å². The molecule has 0 radical (unpaired) electrons. The van der Waals surface area contributed by atoms with Gasteiger partial charge in [-0.3, -0.25) is 14.4 Å². The van der Waals surface area contributed by atoms with Crippen LogP contribution in [-0.2, 0) is 14.4 Å². The smallest absolute Gasteiger partial charge is 0.322 e. The number of carboxylic acids is 1. The first kappa shape index (κ1) is 12.4. The minimum absolute atomic E-state index is 0.270. The first-order valence-electron chi connectivity index (χ1n) is 3.95. The maximum Gasteiger partial charge on any atom is 0.322 e. The van der Waals surface area contributed by atoms with Crippen LogP contribution in [0, 0.1) is 0 Å². The third-order valence-electron chi connectivity index (χ3n) is 1.27. The molecule has 80 valence electrons. The van der Waals surface area contributed by atoms with Crippen molar-refractivity contribution in [3.05, 3.63) is 0 Å². The molecule has 1 unspecified atom stereocenters. The molecule has 0 saturated heterocycles. The molecule has 0 rings (SSSR count). The van der Waals surface area contributed by atoms with E-state index in [0.29, 0.717) is 0 Å². The van der Waals surface area contributed by atoms with Crippen LogP contribution in [0.2, 0.25) is 0 Å². The van der Waals surface area contributed by atoms with Crippen molar-refractivity contribution in [1.82, 2.24) is 10.6 Å². The van der Waals surface area contributed by atoms with Gasteiger partial charge in [0.2, 0.25) is 11.8 Å². The predicted molar refractivity (Wildman–Crippen MR) is 47.3 cm³/mol. The molecule has 0 aromatic carbocycles. The summed E-state index contributed by atoms with van der Waals surface area (Å²) in [5.74, 6) is -2.17. The number of hydrogen-bond acceptors (Lipinski definition) is 4. The van der Waals surface area contributed by atoms with E-state index in [2.05, 4.69) is 10.6 Å². The summed E-state index contributed by atoms with van der Waals surface area (Å²) in [7, 11) is 0. The van der Waals surface area contributed by atoms with Crippen molar-refractivity contribution in [2.24, 2.45) is 5.73 Å². The Morgan fingerprint density at radius 1 is 1.29 bits per heavy atom. The van der Waals surface area contributed by atoms with Crippen LogP contribution in [0.1, 0.15) is 6.92 Å².